The molecule has 2 aromatic rings. The number of aromatic nitrogens is 2. The minimum Gasteiger partial charge on any atom is -0.493 e. The number of methoxy groups -OCH3 is 1. The largest absolute Gasteiger partial charge is 0.493 e. The maximum absolute atomic E-state index is 5.73. The van der Waals surface area contributed by atoms with Crippen molar-refractivity contribution in [2.45, 2.75) is 32.9 Å². The van der Waals surface area contributed by atoms with Crippen LogP contribution in [0.1, 0.15) is 37.0 Å². The quantitative estimate of drug-likeness (QED) is 0.871. The van der Waals surface area contributed by atoms with E-state index in [1.165, 1.54) is 0 Å². The number of nitrogens with two attached hydrogens (primary N) is 1. The van der Waals surface area contributed by atoms with Crippen LogP contribution in [-0.4, -0.2) is 17.3 Å². The van der Waals surface area contributed by atoms with E-state index < -0.39 is 0 Å². The number of hydrogen-bond donors (Lipinski definition) is 1. The molecule has 0 bridgehead atoms. The van der Waals surface area contributed by atoms with Gasteiger partial charge in [0.25, 0.3) is 5.89 Å². The maximum Gasteiger partial charge on any atom is 0.264 e. The molecule has 1 aromatic carbocycles. The third kappa shape index (κ3) is 3.08. The molecule has 1 aromatic heterocycles. The molecule has 6 heteroatoms. The number of benzene rings is 1. The molecular formula is C14H19N3O3. The lowest BCUT2D eigenvalue weighted by molar-refractivity contribution is 0.231. The highest BCUT2D eigenvalue weighted by molar-refractivity contribution is 5.46. The van der Waals surface area contributed by atoms with E-state index >= 15 is 0 Å². The van der Waals surface area contributed by atoms with Crippen LogP contribution in [0.4, 0.5) is 0 Å². The molecule has 2 rings (SSSR count). The molecule has 6 nitrogen and oxygen atoms in total. The molecule has 0 unspecified atom stereocenters. The highest BCUT2D eigenvalue weighted by atomic mass is 16.5. The van der Waals surface area contributed by atoms with Crippen molar-refractivity contribution in [3.8, 4) is 11.5 Å². The summed E-state index contributed by atoms with van der Waals surface area (Å²) >= 11 is 0. The average Bonchev–Trinajstić information content (AvgIpc) is 2.93. The number of rotatable bonds is 6. The monoisotopic (exact) mass is 277 g/mol. The van der Waals surface area contributed by atoms with Gasteiger partial charge in [0.05, 0.1) is 7.11 Å². The maximum atomic E-state index is 5.73. The van der Waals surface area contributed by atoms with E-state index in [2.05, 4.69) is 10.1 Å². The Morgan fingerprint density at radius 3 is 2.75 bits per heavy atom. The van der Waals surface area contributed by atoms with E-state index in [-0.39, 0.29) is 12.5 Å². The van der Waals surface area contributed by atoms with Crippen LogP contribution in [0.15, 0.2) is 22.7 Å². The third-order valence-corrected chi connectivity index (χ3v) is 2.84. The topological polar surface area (TPSA) is 83.4 Å². The van der Waals surface area contributed by atoms with Gasteiger partial charge in [0.15, 0.2) is 23.9 Å². The molecule has 0 fully saturated rings. The summed E-state index contributed by atoms with van der Waals surface area (Å²) in [6.45, 7) is 4.56. The summed E-state index contributed by atoms with van der Waals surface area (Å²) in [6.07, 6.45) is 0. The summed E-state index contributed by atoms with van der Waals surface area (Å²) in [5, 5.41) is 3.89. The molecule has 0 saturated carbocycles. The summed E-state index contributed by atoms with van der Waals surface area (Å²) in [6, 6.07) is 5.59. The lowest BCUT2D eigenvalue weighted by Gasteiger charge is -2.12. The number of nitrogens with zero attached hydrogens (tertiary/aromatic N) is 2. The molecule has 0 atom stereocenters. The molecule has 0 radical (unpaired) electrons. The van der Waals surface area contributed by atoms with Gasteiger partial charge in [0.2, 0.25) is 0 Å². The van der Waals surface area contributed by atoms with Crippen LogP contribution in [0.3, 0.4) is 0 Å². The Morgan fingerprint density at radius 2 is 2.15 bits per heavy atom. The Kier molecular flexibility index (Phi) is 4.57. The van der Waals surface area contributed by atoms with E-state index in [0.717, 1.165) is 5.56 Å². The van der Waals surface area contributed by atoms with Gasteiger partial charge >= 0.3 is 0 Å². The molecule has 0 aliphatic rings. The first-order valence-corrected chi connectivity index (χ1v) is 6.47. The van der Waals surface area contributed by atoms with Crippen molar-refractivity contribution in [3.05, 3.63) is 35.5 Å². The van der Waals surface area contributed by atoms with Gasteiger partial charge in [-0.25, -0.2) is 0 Å². The minimum absolute atomic E-state index is 0.188. The molecule has 2 N–H and O–H groups in total. The van der Waals surface area contributed by atoms with Crippen LogP contribution < -0.4 is 15.2 Å². The van der Waals surface area contributed by atoms with Gasteiger partial charge < -0.3 is 19.7 Å². The minimum atomic E-state index is 0.188. The second-order valence-corrected chi connectivity index (χ2v) is 4.64. The second-order valence-electron chi connectivity index (χ2n) is 4.64. The standard InChI is InChI=1S/C14H19N3O3/c1-9(2)14-16-12(20-17-14)8-19-13-10(7-15)5-4-6-11(13)18-3/h4-6,9H,7-8,15H2,1-3H3. The van der Waals surface area contributed by atoms with Crippen molar-refractivity contribution in [1.29, 1.82) is 0 Å². The van der Waals surface area contributed by atoms with E-state index in [9.17, 15) is 0 Å². The Morgan fingerprint density at radius 1 is 1.35 bits per heavy atom. The summed E-state index contributed by atoms with van der Waals surface area (Å²) < 4.78 is 16.1. The first kappa shape index (κ1) is 14.3. The molecule has 0 saturated heterocycles. The van der Waals surface area contributed by atoms with Gasteiger partial charge in [-0.15, -0.1) is 0 Å². The van der Waals surface area contributed by atoms with Crippen LogP contribution in [0, 0.1) is 0 Å². The summed E-state index contributed by atoms with van der Waals surface area (Å²) in [5.41, 5.74) is 6.57. The van der Waals surface area contributed by atoms with E-state index in [1.54, 1.807) is 7.11 Å². The van der Waals surface area contributed by atoms with Crippen molar-refractivity contribution in [2.24, 2.45) is 5.73 Å². The zero-order valence-electron chi connectivity index (χ0n) is 11.9. The number of ether oxygens (including phenoxy) is 2. The van der Waals surface area contributed by atoms with Gasteiger partial charge in [-0.1, -0.05) is 31.1 Å². The van der Waals surface area contributed by atoms with Crippen molar-refractivity contribution >= 4 is 0 Å². The van der Waals surface area contributed by atoms with Gasteiger partial charge in [0, 0.05) is 18.0 Å². The lowest BCUT2D eigenvalue weighted by Crippen LogP contribution is -2.04. The summed E-state index contributed by atoms with van der Waals surface area (Å²) in [7, 11) is 1.59. The van der Waals surface area contributed by atoms with E-state index in [4.69, 9.17) is 19.7 Å². The number of hydrogen-bond acceptors (Lipinski definition) is 6. The Labute approximate surface area is 117 Å². The SMILES string of the molecule is COc1cccc(CN)c1OCc1nc(C(C)C)no1. The molecule has 0 spiro atoms. The normalized spacial score (nSPS) is 10.8. The Balaban J connectivity index is 2.13. The summed E-state index contributed by atoms with van der Waals surface area (Å²) in [5.74, 6) is 2.57. The molecule has 0 aliphatic heterocycles. The first-order chi connectivity index (χ1) is 9.65. The highest BCUT2D eigenvalue weighted by Crippen LogP contribution is 2.31. The average molecular weight is 277 g/mol. The third-order valence-electron chi connectivity index (χ3n) is 2.84. The highest BCUT2D eigenvalue weighted by Gasteiger charge is 2.13. The Hall–Kier alpha value is -2.08. The van der Waals surface area contributed by atoms with Crippen LogP contribution in [-0.2, 0) is 13.2 Å². The van der Waals surface area contributed by atoms with E-state index in [1.807, 2.05) is 32.0 Å². The van der Waals surface area contributed by atoms with Crippen molar-refractivity contribution in [1.82, 2.24) is 10.1 Å². The zero-order chi connectivity index (χ0) is 14.5. The fraction of sp³-hybridized carbons (Fsp3) is 0.429. The van der Waals surface area contributed by atoms with Crippen LogP contribution >= 0.6 is 0 Å². The van der Waals surface area contributed by atoms with E-state index in [0.29, 0.717) is 29.8 Å². The first-order valence-electron chi connectivity index (χ1n) is 6.47. The summed E-state index contributed by atoms with van der Waals surface area (Å²) in [4.78, 5) is 4.26. The Bertz CT molecular complexity index is 544. The molecule has 0 aliphatic carbocycles. The molecule has 1 heterocycles. The van der Waals surface area contributed by atoms with Gasteiger partial charge in [-0.05, 0) is 6.07 Å². The van der Waals surface area contributed by atoms with Crippen LogP contribution in [0.25, 0.3) is 0 Å². The van der Waals surface area contributed by atoms with Crippen LogP contribution in [0.2, 0.25) is 0 Å². The lowest BCUT2D eigenvalue weighted by atomic mass is 10.2. The second kappa shape index (κ2) is 6.38. The molecule has 108 valence electrons. The number of para-hydroxylation sites is 1. The predicted molar refractivity (Wildman–Crippen MR) is 73.6 cm³/mol. The van der Waals surface area contributed by atoms with Gasteiger partial charge in [-0.3, -0.25) is 0 Å². The fourth-order valence-electron chi connectivity index (χ4n) is 1.74. The van der Waals surface area contributed by atoms with Gasteiger partial charge in [0.1, 0.15) is 0 Å². The zero-order valence-corrected chi connectivity index (χ0v) is 11.9. The fourth-order valence-corrected chi connectivity index (χ4v) is 1.74. The van der Waals surface area contributed by atoms with Crippen LogP contribution in [0.5, 0.6) is 11.5 Å². The van der Waals surface area contributed by atoms with Gasteiger partial charge in [-0.2, -0.15) is 4.98 Å². The van der Waals surface area contributed by atoms with Crippen molar-refractivity contribution in [2.75, 3.05) is 7.11 Å². The van der Waals surface area contributed by atoms with Crippen molar-refractivity contribution in [3.63, 3.8) is 0 Å². The predicted octanol–water partition coefficient (Wildman–Crippen LogP) is 2.24. The molecule has 0 amide bonds. The molecular weight excluding hydrogens is 258 g/mol. The van der Waals surface area contributed by atoms with Crippen molar-refractivity contribution < 1.29 is 14.0 Å². The smallest absolute Gasteiger partial charge is 0.264 e. The molecule has 20 heavy (non-hydrogen) atoms.